The van der Waals surface area contributed by atoms with Gasteiger partial charge in [-0.15, -0.1) is 0 Å². The maximum atomic E-state index is 12.5. The minimum Gasteiger partial charge on any atom is -0.354 e. The number of carbonyl (C=O) groups excluding carboxylic acids is 1. The van der Waals surface area contributed by atoms with Crippen molar-refractivity contribution in [1.29, 1.82) is 0 Å². The maximum Gasteiger partial charge on any atom is 0.243 e. The molecule has 4 rings (SSSR count). The molecule has 1 amide bonds. The number of hydrogen-bond donors (Lipinski definition) is 2. The highest BCUT2D eigenvalue weighted by molar-refractivity contribution is 5.89. The van der Waals surface area contributed by atoms with Crippen molar-refractivity contribution in [3.63, 3.8) is 0 Å². The predicted octanol–water partition coefficient (Wildman–Crippen LogP) is 3.82. The van der Waals surface area contributed by atoms with Crippen LogP contribution in [0.3, 0.4) is 0 Å². The van der Waals surface area contributed by atoms with E-state index >= 15 is 0 Å². The van der Waals surface area contributed by atoms with E-state index in [9.17, 15) is 4.79 Å². The van der Waals surface area contributed by atoms with Gasteiger partial charge in [0, 0.05) is 0 Å². The molecule has 1 aliphatic rings. The average Bonchev–Trinajstić information content (AvgIpc) is 2.76. The van der Waals surface area contributed by atoms with Crippen molar-refractivity contribution in [2.45, 2.75) is 37.8 Å². The number of β-lactam (4-membered cyclic amide) rings is 1. The molecule has 0 saturated carbocycles. The Bertz CT molecular complexity index is 846. The van der Waals surface area contributed by atoms with Gasteiger partial charge in [-0.2, -0.15) is 0 Å². The molecule has 4 heteroatoms. The minimum atomic E-state index is -0.690. The number of ether oxygens (including phenoxy) is 1. The molecule has 3 aromatic carbocycles. The van der Waals surface area contributed by atoms with Crippen LogP contribution in [0, 0.1) is 0 Å². The van der Waals surface area contributed by atoms with Crippen LogP contribution >= 0.6 is 0 Å². The van der Waals surface area contributed by atoms with Crippen molar-refractivity contribution < 1.29 is 9.53 Å². The molecule has 148 valence electrons. The van der Waals surface area contributed by atoms with Crippen LogP contribution in [-0.2, 0) is 15.1 Å². The van der Waals surface area contributed by atoms with Gasteiger partial charge >= 0.3 is 0 Å². The SMILES string of the molecule is CC(C)O[C@@H]1NC(=O)[C@H]1NC(c1ccccc1)(c1ccccc1)c1ccccc1. The van der Waals surface area contributed by atoms with E-state index in [1.807, 2.05) is 68.4 Å². The predicted molar refractivity (Wildman–Crippen MR) is 114 cm³/mol. The van der Waals surface area contributed by atoms with Crippen LogP contribution in [0.5, 0.6) is 0 Å². The van der Waals surface area contributed by atoms with Gasteiger partial charge in [0.2, 0.25) is 5.91 Å². The lowest BCUT2D eigenvalue weighted by Gasteiger charge is -2.46. The van der Waals surface area contributed by atoms with Gasteiger partial charge in [0.1, 0.15) is 6.04 Å². The molecule has 0 radical (unpaired) electrons. The van der Waals surface area contributed by atoms with Crippen LogP contribution in [0.1, 0.15) is 30.5 Å². The molecular formula is C25H26N2O2. The van der Waals surface area contributed by atoms with E-state index in [-0.39, 0.29) is 18.2 Å². The number of benzene rings is 3. The lowest BCUT2D eigenvalue weighted by Crippen LogP contribution is -2.72. The Hall–Kier alpha value is -2.95. The van der Waals surface area contributed by atoms with Gasteiger partial charge in [-0.3, -0.25) is 10.1 Å². The molecular weight excluding hydrogens is 360 g/mol. The van der Waals surface area contributed by atoms with Crippen molar-refractivity contribution in [2.75, 3.05) is 0 Å². The first-order valence-corrected chi connectivity index (χ1v) is 10.0. The molecule has 29 heavy (non-hydrogen) atoms. The number of nitrogens with one attached hydrogen (secondary N) is 2. The molecule has 1 saturated heterocycles. The molecule has 1 aliphatic heterocycles. The molecule has 2 N–H and O–H groups in total. The van der Waals surface area contributed by atoms with Gasteiger partial charge in [-0.1, -0.05) is 91.0 Å². The zero-order valence-electron chi connectivity index (χ0n) is 16.7. The van der Waals surface area contributed by atoms with Gasteiger partial charge < -0.3 is 10.1 Å². The van der Waals surface area contributed by atoms with E-state index in [1.54, 1.807) is 0 Å². The second-order valence-corrected chi connectivity index (χ2v) is 7.58. The van der Waals surface area contributed by atoms with Crippen LogP contribution in [0.2, 0.25) is 0 Å². The lowest BCUT2D eigenvalue weighted by molar-refractivity contribution is -0.152. The topological polar surface area (TPSA) is 50.4 Å². The van der Waals surface area contributed by atoms with Gasteiger partial charge in [-0.25, -0.2) is 0 Å². The number of carbonyl (C=O) groups is 1. The Labute approximate surface area is 171 Å². The second-order valence-electron chi connectivity index (χ2n) is 7.58. The fourth-order valence-electron chi connectivity index (χ4n) is 3.95. The fourth-order valence-corrected chi connectivity index (χ4v) is 3.95. The third-order valence-electron chi connectivity index (χ3n) is 5.28. The van der Waals surface area contributed by atoms with Crippen LogP contribution < -0.4 is 10.6 Å². The zero-order chi connectivity index (χ0) is 20.3. The Morgan fingerprint density at radius 2 is 1.21 bits per heavy atom. The lowest BCUT2D eigenvalue weighted by atomic mass is 9.76. The first kappa shape index (κ1) is 19.4. The van der Waals surface area contributed by atoms with Crippen molar-refractivity contribution in [2.24, 2.45) is 0 Å². The first-order chi connectivity index (χ1) is 14.1. The summed E-state index contributed by atoms with van der Waals surface area (Å²) in [4.78, 5) is 12.5. The number of amides is 1. The molecule has 0 aliphatic carbocycles. The summed E-state index contributed by atoms with van der Waals surface area (Å²) >= 11 is 0. The van der Waals surface area contributed by atoms with Crippen LogP contribution in [0.25, 0.3) is 0 Å². The summed E-state index contributed by atoms with van der Waals surface area (Å²) < 4.78 is 5.93. The highest BCUT2D eigenvalue weighted by Gasteiger charge is 2.47. The standard InChI is InChI=1S/C25H26N2O2/c1-18(2)29-24-22(23(28)26-24)27-25(19-12-6-3-7-13-19,20-14-8-4-9-15-20)21-16-10-5-11-17-21/h3-18,22,24,27H,1-2H3,(H,26,28)/t22-,24+/m1/s1. The molecule has 4 nitrogen and oxygen atoms in total. The second kappa shape index (κ2) is 8.19. The summed E-state index contributed by atoms with van der Waals surface area (Å²) in [5, 5.41) is 6.56. The Morgan fingerprint density at radius 1 is 0.793 bits per heavy atom. The molecule has 0 spiro atoms. The summed E-state index contributed by atoms with van der Waals surface area (Å²) in [6.07, 6.45) is -0.345. The highest BCUT2D eigenvalue weighted by Crippen LogP contribution is 2.38. The quantitative estimate of drug-likeness (QED) is 0.479. The average molecular weight is 386 g/mol. The summed E-state index contributed by atoms with van der Waals surface area (Å²) in [5.74, 6) is -0.0529. The normalized spacial score (nSPS) is 18.9. The number of rotatable bonds is 7. The minimum absolute atomic E-state index is 0.0180. The van der Waals surface area contributed by atoms with E-state index in [1.165, 1.54) is 0 Å². The monoisotopic (exact) mass is 386 g/mol. The molecule has 0 unspecified atom stereocenters. The van der Waals surface area contributed by atoms with E-state index in [0.717, 1.165) is 16.7 Å². The van der Waals surface area contributed by atoms with Crippen molar-refractivity contribution in [3.8, 4) is 0 Å². The van der Waals surface area contributed by atoms with E-state index in [0.29, 0.717) is 0 Å². The Balaban J connectivity index is 1.88. The van der Waals surface area contributed by atoms with Gasteiger partial charge in [0.15, 0.2) is 6.23 Å². The van der Waals surface area contributed by atoms with Gasteiger partial charge in [-0.05, 0) is 30.5 Å². The van der Waals surface area contributed by atoms with Crippen molar-refractivity contribution in [3.05, 3.63) is 108 Å². The van der Waals surface area contributed by atoms with Crippen molar-refractivity contribution >= 4 is 5.91 Å². The molecule has 1 fully saturated rings. The van der Waals surface area contributed by atoms with Crippen LogP contribution in [-0.4, -0.2) is 24.3 Å². The Kier molecular flexibility index (Phi) is 5.47. The largest absolute Gasteiger partial charge is 0.354 e. The zero-order valence-corrected chi connectivity index (χ0v) is 16.7. The third kappa shape index (κ3) is 3.69. The fraction of sp³-hybridized carbons (Fsp3) is 0.240. The van der Waals surface area contributed by atoms with Gasteiger partial charge in [0.05, 0.1) is 11.6 Å². The summed E-state index contributed by atoms with van der Waals surface area (Å²) in [6.45, 7) is 3.95. The molecule has 1 heterocycles. The van der Waals surface area contributed by atoms with E-state index in [2.05, 4.69) is 47.0 Å². The van der Waals surface area contributed by atoms with Crippen LogP contribution in [0.15, 0.2) is 91.0 Å². The summed E-state index contributed by atoms with van der Waals surface area (Å²) in [7, 11) is 0. The molecule has 0 bridgehead atoms. The Morgan fingerprint density at radius 3 is 1.55 bits per heavy atom. The van der Waals surface area contributed by atoms with Gasteiger partial charge in [0.25, 0.3) is 0 Å². The maximum absolute atomic E-state index is 12.5. The molecule has 2 atom stereocenters. The van der Waals surface area contributed by atoms with E-state index < -0.39 is 11.6 Å². The van der Waals surface area contributed by atoms with Crippen molar-refractivity contribution in [1.82, 2.24) is 10.6 Å². The third-order valence-corrected chi connectivity index (χ3v) is 5.28. The smallest absolute Gasteiger partial charge is 0.243 e. The summed E-state index contributed by atoms with van der Waals surface area (Å²) in [6, 6.07) is 30.3. The molecule has 3 aromatic rings. The highest BCUT2D eigenvalue weighted by atomic mass is 16.5. The number of hydrogen-bond acceptors (Lipinski definition) is 3. The van der Waals surface area contributed by atoms with E-state index in [4.69, 9.17) is 4.74 Å². The first-order valence-electron chi connectivity index (χ1n) is 10.0. The molecule has 0 aromatic heterocycles. The van der Waals surface area contributed by atoms with Crippen LogP contribution in [0.4, 0.5) is 0 Å². The summed E-state index contributed by atoms with van der Waals surface area (Å²) in [5.41, 5.74) is 2.52.